The van der Waals surface area contributed by atoms with Crippen LogP contribution in [0.3, 0.4) is 0 Å². The van der Waals surface area contributed by atoms with Crippen LogP contribution in [0.1, 0.15) is 49.4 Å². The Labute approximate surface area is 172 Å². The highest BCUT2D eigenvalue weighted by molar-refractivity contribution is 7.12. The summed E-state index contributed by atoms with van der Waals surface area (Å²) >= 11 is 1.85. The molecule has 2 amide bonds. The van der Waals surface area contributed by atoms with Gasteiger partial charge < -0.3 is 10.2 Å². The quantitative estimate of drug-likeness (QED) is 0.815. The third kappa shape index (κ3) is 5.78. The molecule has 0 aliphatic carbocycles. The van der Waals surface area contributed by atoms with Crippen molar-refractivity contribution in [2.45, 2.75) is 52.1 Å². The van der Waals surface area contributed by atoms with Crippen molar-refractivity contribution in [3.8, 4) is 0 Å². The van der Waals surface area contributed by atoms with Crippen molar-refractivity contribution >= 4 is 23.2 Å². The summed E-state index contributed by atoms with van der Waals surface area (Å²) in [5, 5.41) is 3.00. The third-order valence-corrected chi connectivity index (χ3v) is 6.50. The first-order valence-corrected chi connectivity index (χ1v) is 11.1. The van der Waals surface area contributed by atoms with Gasteiger partial charge in [0.1, 0.15) is 0 Å². The Morgan fingerprint density at radius 2 is 1.82 bits per heavy atom. The van der Waals surface area contributed by atoms with E-state index in [0.717, 1.165) is 32.5 Å². The Hall–Kier alpha value is -1.44. The molecule has 0 spiro atoms. The average molecular weight is 407 g/mol. The molecule has 6 nitrogen and oxygen atoms in total. The molecule has 1 unspecified atom stereocenters. The maximum absolute atomic E-state index is 12.8. The molecule has 1 atom stereocenters. The van der Waals surface area contributed by atoms with Crippen molar-refractivity contribution in [1.29, 1.82) is 0 Å². The number of nitrogens with one attached hydrogen (secondary N) is 1. The molecule has 1 aromatic rings. The normalized spacial score (nSPS) is 21.9. The van der Waals surface area contributed by atoms with Gasteiger partial charge in [0.25, 0.3) is 0 Å². The van der Waals surface area contributed by atoms with Gasteiger partial charge in [0.15, 0.2) is 0 Å². The predicted molar refractivity (Wildman–Crippen MR) is 114 cm³/mol. The minimum absolute atomic E-state index is 0.0541. The SMILES string of the molecule is Cc1ccc(C2CCCN2CC(=O)N2CCN(CC(=O)NC(C)(C)C)CC2)s1. The number of amides is 2. The van der Waals surface area contributed by atoms with Crippen LogP contribution in [-0.2, 0) is 9.59 Å². The van der Waals surface area contributed by atoms with Gasteiger partial charge in [0.2, 0.25) is 11.8 Å². The Morgan fingerprint density at radius 1 is 1.11 bits per heavy atom. The van der Waals surface area contributed by atoms with Crippen LogP contribution in [-0.4, -0.2) is 77.9 Å². The molecule has 0 saturated carbocycles. The van der Waals surface area contributed by atoms with Crippen LogP contribution in [0.25, 0.3) is 0 Å². The van der Waals surface area contributed by atoms with Crippen LogP contribution in [0.15, 0.2) is 12.1 Å². The molecule has 1 aromatic heterocycles. The molecule has 2 fully saturated rings. The van der Waals surface area contributed by atoms with Gasteiger partial charge in [0, 0.05) is 47.5 Å². The second-order valence-electron chi connectivity index (χ2n) is 9.03. The second-order valence-corrected chi connectivity index (χ2v) is 10.4. The second kappa shape index (κ2) is 8.93. The topological polar surface area (TPSA) is 55.9 Å². The molecule has 0 bridgehead atoms. The average Bonchev–Trinajstić information content (AvgIpc) is 3.22. The summed E-state index contributed by atoms with van der Waals surface area (Å²) in [4.78, 5) is 34.1. The maximum Gasteiger partial charge on any atom is 0.236 e. The van der Waals surface area contributed by atoms with Crippen LogP contribution >= 0.6 is 11.3 Å². The summed E-state index contributed by atoms with van der Waals surface area (Å²) in [6, 6.07) is 4.78. The highest BCUT2D eigenvalue weighted by Gasteiger charge is 2.31. The monoisotopic (exact) mass is 406 g/mol. The zero-order valence-electron chi connectivity index (χ0n) is 17.7. The molecule has 2 aliphatic heterocycles. The predicted octanol–water partition coefficient (Wildman–Crippen LogP) is 2.25. The molecular weight excluding hydrogens is 372 g/mol. The van der Waals surface area contributed by atoms with Gasteiger partial charge in [-0.2, -0.15) is 0 Å². The van der Waals surface area contributed by atoms with Gasteiger partial charge in [-0.1, -0.05) is 0 Å². The number of likely N-dealkylation sites (tertiary alicyclic amines) is 1. The van der Waals surface area contributed by atoms with Crippen molar-refractivity contribution in [3.63, 3.8) is 0 Å². The summed E-state index contributed by atoms with van der Waals surface area (Å²) < 4.78 is 0. The lowest BCUT2D eigenvalue weighted by Crippen LogP contribution is -2.54. The van der Waals surface area contributed by atoms with Crippen LogP contribution in [0.2, 0.25) is 0 Å². The highest BCUT2D eigenvalue weighted by atomic mass is 32.1. The van der Waals surface area contributed by atoms with Crippen LogP contribution in [0.4, 0.5) is 0 Å². The maximum atomic E-state index is 12.8. The lowest BCUT2D eigenvalue weighted by atomic mass is 10.1. The van der Waals surface area contributed by atoms with E-state index in [0.29, 0.717) is 32.2 Å². The Bertz CT molecular complexity index is 689. The fraction of sp³-hybridized carbons (Fsp3) is 0.714. The van der Waals surface area contributed by atoms with Gasteiger partial charge in [-0.15, -0.1) is 11.3 Å². The summed E-state index contributed by atoms with van der Waals surface area (Å²) in [5.41, 5.74) is -0.206. The van der Waals surface area contributed by atoms with E-state index in [1.165, 1.54) is 9.75 Å². The summed E-state index contributed by atoms with van der Waals surface area (Å²) in [6.45, 7) is 13.0. The Morgan fingerprint density at radius 3 is 2.43 bits per heavy atom. The van der Waals surface area contributed by atoms with Crippen molar-refractivity contribution < 1.29 is 9.59 Å². The molecule has 7 heteroatoms. The lowest BCUT2D eigenvalue weighted by molar-refractivity contribution is -0.134. The summed E-state index contributed by atoms with van der Waals surface area (Å²) in [6.07, 6.45) is 2.30. The number of nitrogens with zero attached hydrogens (tertiary/aromatic N) is 3. The van der Waals surface area contributed by atoms with E-state index in [1.54, 1.807) is 0 Å². The molecule has 3 rings (SSSR count). The third-order valence-electron chi connectivity index (χ3n) is 5.40. The van der Waals surface area contributed by atoms with Crippen molar-refractivity contribution in [2.24, 2.45) is 0 Å². The number of rotatable bonds is 5. The van der Waals surface area contributed by atoms with Gasteiger partial charge >= 0.3 is 0 Å². The van der Waals surface area contributed by atoms with E-state index in [1.807, 2.05) is 37.0 Å². The van der Waals surface area contributed by atoms with Crippen LogP contribution < -0.4 is 5.32 Å². The smallest absolute Gasteiger partial charge is 0.236 e. The molecule has 3 heterocycles. The molecule has 0 radical (unpaired) electrons. The van der Waals surface area contributed by atoms with E-state index in [2.05, 4.69) is 34.2 Å². The molecule has 2 aliphatic rings. The number of carbonyl (C=O) groups excluding carboxylic acids is 2. The van der Waals surface area contributed by atoms with E-state index in [4.69, 9.17) is 0 Å². The number of hydrogen-bond acceptors (Lipinski definition) is 5. The summed E-state index contributed by atoms with van der Waals surface area (Å²) in [5.74, 6) is 0.275. The molecular formula is C21H34N4O2S. The van der Waals surface area contributed by atoms with Gasteiger partial charge in [-0.25, -0.2) is 0 Å². The first-order valence-electron chi connectivity index (χ1n) is 10.3. The first-order chi connectivity index (χ1) is 13.2. The van der Waals surface area contributed by atoms with Crippen molar-refractivity contribution in [3.05, 3.63) is 21.9 Å². The number of thiophene rings is 1. The van der Waals surface area contributed by atoms with E-state index < -0.39 is 0 Å². The van der Waals surface area contributed by atoms with Gasteiger partial charge in [-0.05, 0) is 59.2 Å². The zero-order valence-corrected chi connectivity index (χ0v) is 18.5. The number of carbonyl (C=O) groups is 2. The molecule has 2 saturated heterocycles. The largest absolute Gasteiger partial charge is 0.350 e. The number of piperazine rings is 1. The zero-order chi connectivity index (χ0) is 20.3. The van der Waals surface area contributed by atoms with Crippen LogP contribution in [0, 0.1) is 6.92 Å². The van der Waals surface area contributed by atoms with E-state index in [-0.39, 0.29) is 17.4 Å². The standard InChI is InChI=1S/C21H34N4O2S/c1-16-7-8-18(28-16)17-6-5-9-25(17)15-20(27)24-12-10-23(11-13-24)14-19(26)22-21(2,3)4/h7-8,17H,5-6,9-15H2,1-4H3,(H,22,26). The summed E-state index contributed by atoms with van der Waals surface area (Å²) in [7, 11) is 0. The molecule has 0 aromatic carbocycles. The minimum atomic E-state index is -0.206. The van der Waals surface area contributed by atoms with E-state index in [9.17, 15) is 9.59 Å². The lowest BCUT2D eigenvalue weighted by Gasteiger charge is -2.36. The van der Waals surface area contributed by atoms with Crippen molar-refractivity contribution in [1.82, 2.24) is 20.0 Å². The van der Waals surface area contributed by atoms with Crippen LogP contribution in [0.5, 0.6) is 0 Å². The van der Waals surface area contributed by atoms with Gasteiger partial charge in [-0.3, -0.25) is 19.4 Å². The number of aryl methyl sites for hydroxylation is 1. The van der Waals surface area contributed by atoms with Gasteiger partial charge in [0.05, 0.1) is 13.1 Å². The first kappa shape index (κ1) is 21.3. The fourth-order valence-electron chi connectivity index (χ4n) is 4.06. The van der Waals surface area contributed by atoms with E-state index >= 15 is 0 Å². The molecule has 1 N–H and O–H groups in total. The Balaban J connectivity index is 1.45. The fourth-order valence-corrected chi connectivity index (χ4v) is 5.11. The molecule has 156 valence electrons. The van der Waals surface area contributed by atoms with Crippen molar-refractivity contribution in [2.75, 3.05) is 45.8 Å². The highest BCUT2D eigenvalue weighted by Crippen LogP contribution is 2.35. The minimum Gasteiger partial charge on any atom is -0.350 e. The molecule has 28 heavy (non-hydrogen) atoms. The Kier molecular flexibility index (Phi) is 6.78. The number of hydrogen-bond donors (Lipinski definition) is 1.